The van der Waals surface area contributed by atoms with Crippen molar-refractivity contribution in [3.8, 4) is 0 Å². The molecule has 0 aromatic heterocycles. The topological polar surface area (TPSA) is 46.2 Å². The number of hydrogen-bond donors (Lipinski definition) is 1. The molecule has 1 N–H and O–H groups in total. The number of carbonyl (C=O) groups excluding carboxylic acids is 2. The van der Waals surface area contributed by atoms with Crippen LogP contribution in [0.5, 0.6) is 0 Å². The van der Waals surface area contributed by atoms with E-state index in [0.717, 1.165) is 0 Å². The molecule has 1 heterocycles. The van der Waals surface area contributed by atoms with Crippen LogP contribution in [0.2, 0.25) is 0 Å². The second kappa shape index (κ2) is 3.18. The molecule has 12 heavy (non-hydrogen) atoms. The van der Waals surface area contributed by atoms with E-state index in [0.29, 0.717) is 11.1 Å². The van der Waals surface area contributed by atoms with Crippen LogP contribution in [-0.2, 0) is 20.4 Å². The number of fused-ring (bicyclic) bond motifs is 1. The van der Waals surface area contributed by atoms with Crippen molar-refractivity contribution in [1.82, 2.24) is 5.32 Å². The maximum atomic E-state index is 10.9. The molecule has 4 heteroatoms. The summed E-state index contributed by atoms with van der Waals surface area (Å²) >= 11 is 0. The van der Waals surface area contributed by atoms with Crippen molar-refractivity contribution < 1.29 is 30.0 Å². The fourth-order valence-electron chi connectivity index (χ4n) is 1.12. The predicted molar refractivity (Wildman–Crippen MR) is 38.2 cm³/mol. The molecular weight excluding hydrogens is 249 g/mol. The Hall–Kier alpha value is -0.978. The Labute approximate surface area is 82.8 Å². The molecule has 0 unspecified atom stereocenters. The van der Waals surface area contributed by atoms with E-state index in [9.17, 15) is 9.59 Å². The molecular formula is C8H5NO2Pd. The van der Waals surface area contributed by atoms with Crippen molar-refractivity contribution in [3.05, 3.63) is 35.4 Å². The molecule has 1 aliphatic rings. The molecule has 64 valence electrons. The quantitative estimate of drug-likeness (QED) is 0.543. The second-order valence-corrected chi connectivity index (χ2v) is 2.33. The summed E-state index contributed by atoms with van der Waals surface area (Å²) in [5.74, 6) is -0.601. The molecule has 3 nitrogen and oxygen atoms in total. The Morgan fingerprint density at radius 3 is 1.75 bits per heavy atom. The average Bonchev–Trinajstić information content (AvgIpc) is 2.30. The first-order valence-corrected chi connectivity index (χ1v) is 3.24. The maximum absolute atomic E-state index is 10.9. The SMILES string of the molecule is O=C1NC(=O)c2ccccc21.[Pd]. The number of nitrogens with one attached hydrogen (secondary N) is 1. The third kappa shape index (κ3) is 1.20. The molecule has 1 aromatic rings. The third-order valence-electron chi connectivity index (χ3n) is 1.64. The van der Waals surface area contributed by atoms with Crippen LogP contribution < -0.4 is 5.32 Å². The fourth-order valence-corrected chi connectivity index (χ4v) is 1.12. The van der Waals surface area contributed by atoms with Crippen molar-refractivity contribution >= 4 is 11.8 Å². The van der Waals surface area contributed by atoms with Gasteiger partial charge in [0.2, 0.25) is 0 Å². The molecule has 0 fully saturated rings. The molecule has 0 saturated heterocycles. The summed E-state index contributed by atoms with van der Waals surface area (Å²) in [4.78, 5) is 21.9. The summed E-state index contributed by atoms with van der Waals surface area (Å²) in [5.41, 5.74) is 0.940. The van der Waals surface area contributed by atoms with Gasteiger partial charge in [-0.1, -0.05) is 12.1 Å². The number of amides is 2. The minimum absolute atomic E-state index is 0. The zero-order chi connectivity index (χ0) is 7.84. The first kappa shape index (κ1) is 9.11. The molecule has 0 saturated carbocycles. The number of imide groups is 1. The summed E-state index contributed by atoms with van der Waals surface area (Å²) in [7, 11) is 0. The van der Waals surface area contributed by atoms with E-state index in [-0.39, 0.29) is 32.2 Å². The fraction of sp³-hybridized carbons (Fsp3) is 0. The van der Waals surface area contributed by atoms with Crippen molar-refractivity contribution in [3.63, 3.8) is 0 Å². The van der Waals surface area contributed by atoms with Gasteiger partial charge in [-0.25, -0.2) is 0 Å². The molecule has 0 spiro atoms. The summed E-state index contributed by atoms with van der Waals surface area (Å²) in [6, 6.07) is 6.74. The maximum Gasteiger partial charge on any atom is 0.258 e. The summed E-state index contributed by atoms with van der Waals surface area (Å²) in [6.45, 7) is 0. The average molecular weight is 254 g/mol. The van der Waals surface area contributed by atoms with Crippen LogP contribution >= 0.6 is 0 Å². The molecule has 0 radical (unpaired) electrons. The van der Waals surface area contributed by atoms with E-state index in [2.05, 4.69) is 5.32 Å². The van der Waals surface area contributed by atoms with Crippen LogP contribution in [0, 0.1) is 0 Å². The van der Waals surface area contributed by atoms with E-state index in [1.54, 1.807) is 24.3 Å². The Morgan fingerprint density at radius 2 is 1.33 bits per heavy atom. The zero-order valence-electron chi connectivity index (χ0n) is 5.94. The van der Waals surface area contributed by atoms with E-state index in [1.165, 1.54) is 0 Å². The molecule has 0 bridgehead atoms. The van der Waals surface area contributed by atoms with E-state index in [4.69, 9.17) is 0 Å². The van der Waals surface area contributed by atoms with Crippen molar-refractivity contribution in [2.45, 2.75) is 0 Å². The first-order chi connectivity index (χ1) is 5.29. The Kier molecular flexibility index (Phi) is 2.41. The molecule has 0 aliphatic carbocycles. The van der Waals surface area contributed by atoms with Gasteiger partial charge < -0.3 is 0 Å². The van der Waals surface area contributed by atoms with Gasteiger partial charge in [0.1, 0.15) is 0 Å². The van der Waals surface area contributed by atoms with Crippen molar-refractivity contribution in [2.24, 2.45) is 0 Å². The molecule has 2 rings (SSSR count). The largest absolute Gasteiger partial charge is 0.288 e. The van der Waals surface area contributed by atoms with Crippen LogP contribution in [0.3, 0.4) is 0 Å². The molecule has 1 aromatic carbocycles. The number of carbonyl (C=O) groups is 2. The van der Waals surface area contributed by atoms with Crippen LogP contribution in [0.1, 0.15) is 20.7 Å². The van der Waals surface area contributed by atoms with E-state index < -0.39 is 0 Å². The first-order valence-electron chi connectivity index (χ1n) is 3.24. The molecule has 2 amide bonds. The minimum atomic E-state index is -0.300. The van der Waals surface area contributed by atoms with E-state index in [1.807, 2.05) is 0 Å². The van der Waals surface area contributed by atoms with Gasteiger partial charge in [0.05, 0.1) is 11.1 Å². The number of rotatable bonds is 0. The van der Waals surface area contributed by atoms with Crippen LogP contribution in [-0.4, -0.2) is 11.8 Å². The van der Waals surface area contributed by atoms with Crippen LogP contribution in [0.25, 0.3) is 0 Å². The number of hydrogen-bond acceptors (Lipinski definition) is 2. The molecule has 1 aliphatic heterocycles. The summed E-state index contributed by atoms with van der Waals surface area (Å²) in [5, 5.41) is 2.20. The number of benzene rings is 1. The Bertz CT molecular complexity index is 316. The van der Waals surface area contributed by atoms with Crippen LogP contribution in [0.4, 0.5) is 0 Å². The normalized spacial score (nSPS) is 13.3. The van der Waals surface area contributed by atoms with Crippen molar-refractivity contribution in [1.29, 1.82) is 0 Å². The van der Waals surface area contributed by atoms with Gasteiger partial charge in [-0.3, -0.25) is 14.9 Å². The van der Waals surface area contributed by atoms with E-state index >= 15 is 0 Å². The Balaban J connectivity index is 0.000000720. The smallest absolute Gasteiger partial charge is 0.258 e. The van der Waals surface area contributed by atoms with Gasteiger partial charge in [-0.2, -0.15) is 0 Å². The van der Waals surface area contributed by atoms with Crippen LogP contribution in [0.15, 0.2) is 24.3 Å². The Morgan fingerprint density at radius 1 is 0.917 bits per heavy atom. The molecule has 0 atom stereocenters. The summed E-state index contributed by atoms with van der Waals surface area (Å²) < 4.78 is 0. The second-order valence-electron chi connectivity index (χ2n) is 2.33. The third-order valence-corrected chi connectivity index (χ3v) is 1.64. The zero-order valence-corrected chi connectivity index (χ0v) is 7.50. The van der Waals surface area contributed by atoms with Gasteiger partial charge in [0.15, 0.2) is 0 Å². The van der Waals surface area contributed by atoms with Gasteiger partial charge in [-0.05, 0) is 12.1 Å². The predicted octanol–water partition coefficient (Wildman–Crippen LogP) is 0.568. The van der Waals surface area contributed by atoms with Gasteiger partial charge in [-0.15, -0.1) is 0 Å². The van der Waals surface area contributed by atoms with Gasteiger partial charge in [0, 0.05) is 20.4 Å². The standard InChI is InChI=1S/C8H5NO2.Pd/c10-7-5-3-1-2-4-6(5)8(11)9-7;/h1-4H,(H,9,10,11);. The van der Waals surface area contributed by atoms with Crippen molar-refractivity contribution in [2.75, 3.05) is 0 Å². The van der Waals surface area contributed by atoms with Gasteiger partial charge >= 0.3 is 0 Å². The monoisotopic (exact) mass is 253 g/mol. The minimum Gasteiger partial charge on any atom is -0.288 e. The van der Waals surface area contributed by atoms with Gasteiger partial charge in [0.25, 0.3) is 11.8 Å². The summed E-state index contributed by atoms with van der Waals surface area (Å²) in [6.07, 6.45) is 0.